The Morgan fingerprint density at radius 1 is 1.42 bits per heavy atom. The minimum atomic E-state index is -4.96. The topological polar surface area (TPSA) is 48.4 Å². The lowest BCUT2D eigenvalue weighted by Gasteiger charge is -2.29. The number of nitrogens with zero attached hydrogens (tertiary/aromatic N) is 1. The van der Waals surface area contributed by atoms with Crippen LogP contribution in [0.25, 0.3) is 0 Å². The monoisotopic (exact) mass is 275 g/mol. The summed E-state index contributed by atoms with van der Waals surface area (Å²) in [5, 5.41) is 0. The van der Waals surface area contributed by atoms with E-state index in [9.17, 15) is 18.0 Å². The van der Waals surface area contributed by atoms with E-state index in [2.05, 4.69) is 9.72 Å². The van der Waals surface area contributed by atoms with E-state index < -0.39 is 24.4 Å². The van der Waals surface area contributed by atoms with Gasteiger partial charge in [0.2, 0.25) is 0 Å². The number of rotatable bonds is 2. The summed E-state index contributed by atoms with van der Waals surface area (Å²) in [6.45, 7) is 0.233. The van der Waals surface area contributed by atoms with Crippen LogP contribution in [-0.2, 0) is 14.3 Å². The normalized spacial score (nSPS) is 23.9. The fraction of sp³-hybridized carbons (Fsp3) is 0.500. The van der Waals surface area contributed by atoms with Crippen molar-refractivity contribution >= 4 is 5.97 Å². The number of alkyl halides is 3. The van der Waals surface area contributed by atoms with E-state index in [0.29, 0.717) is 5.69 Å². The van der Waals surface area contributed by atoms with Crippen LogP contribution in [0.2, 0.25) is 0 Å². The molecule has 104 valence electrons. The molecule has 0 aromatic carbocycles. The highest BCUT2D eigenvalue weighted by Crippen LogP contribution is 2.29. The van der Waals surface area contributed by atoms with Crippen molar-refractivity contribution in [3.8, 4) is 0 Å². The minimum absolute atomic E-state index is 0.179. The molecule has 0 amide bonds. The summed E-state index contributed by atoms with van der Waals surface area (Å²) in [7, 11) is 0. The van der Waals surface area contributed by atoms with Gasteiger partial charge in [0.25, 0.3) is 0 Å². The summed E-state index contributed by atoms with van der Waals surface area (Å²) in [6.07, 6.45) is -4.19. The van der Waals surface area contributed by atoms with Crippen molar-refractivity contribution in [1.29, 1.82) is 0 Å². The molecule has 0 bridgehead atoms. The number of carbonyl (C=O) groups is 1. The van der Waals surface area contributed by atoms with E-state index in [1.807, 2.05) is 0 Å². The molecule has 2 unspecified atom stereocenters. The SMILES string of the molecule is O=C(OC1CCOC(c2ccccn2)C1)C(F)(F)F. The summed E-state index contributed by atoms with van der Waals surface area (Å²) in [5.41, 5.74) is 0.621. The van der Waals surface area contributed by atoms with Crippen LogP contribution >= 0.6 is 0 Å². The third kappa shape index (κ3) is 3.66. The van der Waals surface area contributed by atoms with E-state index in [4.69, 9.17) is 4.74 Å². The summed E-state index contributed by atoms with van der Waals surface area (Å²) < 4.78 is 46.2. The first kappa shape index (κ1) is 13.8. The quantitative estimate of drug-likeness (QED) is 0.778. The molecule has 1 aromatic heterocycles. The molecule has 1 aliphatic rings. The van der Waals surface area contributed by atoms with Crippen LogP contribution in [0.15, 0.2) is 24.4 Å². The molecule has 1 aromatic rings. The highest BCUT2D eigenvalue weighted by Gasteiger charge is 2.43. The van der Waals surface area contributed by atoms with Crippen molar-refractivity contribution in [1.82, 2.24) is 4.98 Å². The Hall–Kier alpha value is -1.63. The van der Waals surface area contributed by atoms with Gasteiger partial charge in [0.05, 0.1) is 12.3 Å². The maximum absolute atomic E-state index is 12.1. The predicted octanol–water partition coefficient (Wildman–Crippen LogP) is 2.41. The van der Waals surface area contributed by atoms with Gasteiger partial charge >= 0.3 is 12.1 Å². The Morgan fingerprint density at radius 3 is 2.84 bits per heavy atom. The van der Waals surface area contributed by atoms with Gasteiger partial charge in [-0.25, -0.2) is 4.79 Å². The number of pyridine rings is 1. The lowest BCUT2D eigenvalue weighted by Crippen LogP contribution is -2.34. The molecule has 2 heterocycles. The fourth-order valence-electron chi connectivity index (χ4n) is 1.86. The molecule has 1 aliphatic heterocycles. The Morgan fingerprint density at radius 2 is 2.21 bits per heavy atom. The molecule has 4 nitrogen and oxygen atoms in total. The standard InChI is InChI=1S/C12H12F3NO3/c13-12(14,15)11(17)19-8-4-6-18-10(7-8)9-3-1-2-5-16-9/h1-3,5,8,10H,4,6-7H2. The van der Waals surface area contributed by atoms with Gasteiger partial charge in [-0.1, -0.05) is 6.07 Å². The van der Waals surface area contributed by atoms with Gasteiger partial charge in [-0.15, -0.1) is 0 Å². The molecule has 1 saturated heterocycles. The average Bonchev–Trinajstić information content (AvgIpc) is 2.39. The van der Waals surface area contributed by atoms with Crippen molar-refractivity contribution in [3.63, 3.8) is 0 Å². The smallest absolute Gasteiger partial charge is 0.456 e. The highest BCUT2D eigenvalue weighted by molar-refractivity contribution is 5.75. The zero-order chi connectivity index (χ0) is 13.9. The van der Waals surface area contributed by atoms with Crippen LogP contribution in [0.3, 0.4) is 0 Å². The van der Waals surface area contributed by atoms with Gasteiger partial charge in [-0.05, 0) is 12.1 Å². The summed E-state index contributed by atoms with van der Waals surface area (Å²) >= 11 is 0. The Balaban J connectivity index is 1.96. The Bertz CT molecular complexity index is 436. The zero-order valence-electron chi connectivity index (χ0n) is 9.89. The fourth-order valence-corrected chi connectivity index (χ4v) is 1.86. The van der Waals surface area contributed by atoms with Gasteiger partial charge in [0.1, 0.15) is 12.2 Å². The minimum Gasteiger partial charge on any atom is -0.456 e. The maximum atomic E-state index is 12.1. The molecular weight excluding hydrogens is 263 g/mol. The van der Waals surface area contributed by atoms with Gasteiger partial charge in [-0.2, -0.15) is 13.2 Å². The molecule has 0 N–H and O–H groups in total. The maximum Gasteiger partial charge on any atom is 0.490 e. The molecular formula is C12H12F3NO3. The number of halogens is 3. The van der Waals surface area contributed by atoms with Crippen molar-refractivity contribution in [2.75, 3.05) is 6.61 Å². The first-order chi connectivity index (χ1) is 8.97. The van der Waals surface area contributed by atoms with Gasteiger partial charge in [-0.3, -0.25) is 4.98 Å². The van der Waals surface area contributed by atoms with Crippen molar-refractivity contribution < 1.29 is 27.4 Å². The van der Waals surface area contributed by atoms with Crippen LogP contribution in [0, 0.1) is 0 Å². The second-order valence-electron chi connectivity index (χ2n) is 4.16. The molecule has 0 radical (unpaired) electrons. The largest absolute Gasteiger partial charge is 0.490 e. The number of ether oxygens (including phenoxy) is 2. The molecule has 19 heavy (non-hydrogen) atoms. The first-order valence-corrected chi connectivity index (χ1v) is 5.77. The van der Waals surface area contributed by atoms with Gasteiger partial charge in [0, 0.05) is 19.0 Å². The summed E-state index contributed by atoms with van der Waals surface area (Å²) in [4.78, 5) is 14.8. The van der Waals surface area contributed by atoms with Crippen LogP contribution in [0.1, 0.15) is 24.6 Å². The van der Waals surface area contributed by atoms with E-state index in [1.54, 1.807) is 24.4 Å². The molecule has 0 saturated carbocycles. The summed E-state index contributed by atoms with van der Waals surface area (Å²) in [5.74, 6) is -2.15. The molecule has 7 heteroatoms. The second-order valence-corrected chi connectivity index (χ2v) is 4.16. The van der Waals surface area contributed by atoms with Crippen molar-refractivity contribution in [2.24, 2.45) is 0 Å². The van der Waals surface area contributed by atoms with E-state index in [1.165, 1.54) is 0 Å². The lowest BCUT2D eigenvalue weighted by molar-refractivity contribution is -0.209. The third-order valence-electron chi connectivity index (χ3n) is 2.76. The van der Waals surface area contributed by atoms with Gasteiger partial charge in [0.15, 0.2) is 0 Å². The lowest BCUT2D eigenvalue weighted by atomic mass is 10.0. The predicted molar refractivity (Wildman–Crippen MR) is 58.1 cm³/mol. The van der Waals surface area contributed by atoms with Crippen LogP contribution in [0.5, 0.6) is 0 Å². The molecule has 2 atom stereocenters. The van der Waals surface area contributed by atoms with Crippen LogP contribution in [-0.4, -0.2) is 29.8 Å². The Kier molecular flexibility index (Phi) is 4.04. The number of hydrogen-bond donors (Lipinski definition) is 0. The average molecular weight is 275 g/mol. The Labute approximate surface area is 107 Å². The number of esters is 1. The first-order valence-electron chi connectivity index (χ1n) is 5.77. The van der Waals surface area contributed by atoms with Crippen molar-refractivity contribution in [2.45, 2.75) is 31.2 Å². The zero-order valence-corrected chi connectivity index (χ0v) is 9.89. The van der Waals surface area contributed by atoms with Gasteiger partial charge < -0.3 is 9.47 Å². The molecule has 0 spiro atoms. The number of hydrogen-bond acceptors (Lipinski definition) is 4. The van der Waals surface area contributed by atoms with E-state index in [0.717, 1.165) is 0 Å². The number of carbonyl (C=O) groups excluding carboxylic acids is 1. The summed E-state index contributed by atoms with van der Waals surface area (Å²) in [6, 6.07) is 5.21. The number of aromatic nitrogens is 1. The molecule has 1 fully saturated rings. The molecule has 2 rings (SSSR count). The van der Waals surface area contributed by atoms with Crippen LogP contribution < -0.4 is 0 Å². The highest BCUT2D eigenvalue weighted by atomic mass is 19.4. The molecule has 0 aliphatic carbocycles. The third-order valence-corrected chi connectivity index (χ3v) is 2.76. The van der Waals surface area contributed by atoms with E-state index >= 15 is 0 Å². The second kappa shape index (κ2) is 5.56. The van der Waals surface area contributed by atoms with Crippen LogP contribution in [0.4, 0.5) is 13.2 Å². The van der Waals surface area contributed by atoms with E-state index in [-0.39, 0.29) is 19.4 Å². The van der Waals surface area contributed by atoms with Crippen molar-refractivity contribution in [3.05, 3.63) is 30.1 Å².